The standard InChI is InChI=1S/C20H21ClN2O3/c1-26-17-5-3-2-4-16(17)23-19(25)20(11-12-20)18(24)22-13-10-14-6-8-15(21)9-7-14/h2-9H,10-13H2,1H3,(H,22,24)(H,23,25). The molecule has 5 nitrogen and oxygen atoms in total. The monoisotopic (exact) mass is 372 g/mol. The number of halogens is 1. The lowest BCUT2D eigenvalue weighted by Gasteiger charge is -2.16. The van der Waals surface area contributed by atoms with E-state index >= 15 is 0 Å². The van der Waals surface area contributed by atoms with Crippen LogP contribution in [0.15, 0.2) is 48.5 Å². The molecule has 0 radical (unpaired) electrons. The highest BCUT2D eigenvalue weighted by Crippen LogP contribution is 2.47. The SMILES string of the molecule is COc1ccccc1NC(=O)C1(C(=O)NCCc2ccc(Cl)cc2)CC1. The Morgan fingerprint density at radius 1 is 1.08 bits per heavy atom. The van der Waals surface area contributed by atoms with Crippen LogP contribution >= 0.6 is 11.6 Å². The third-order valence-corrected chi connectivity index (χ3v) is 4.84. The number of hydrogen-bond acceptors (Lipinski definition) is 3. The number of carbonyl (C=O) groups is 2. The zero-order chi connectivity index (χ0) is 18.6. The van der Waals surface area contributed by atoms with E-state index in [9.17, 15) is 9.59 Å². The van der Waals surface area contributed by atoms with E-state index < -0.39 is 5.41 Å². The van der Waals surface area contributed by atoms with Gasteiger partial charge in [-0.3, -0.25) is 9.59 Å². The van der Waals surface area contributed by atoms with Gasteiger partial charge in [0, 0.05) is 11.6 Å². The summed E-state index contributed by atoms with van der Waals surface area (Å²) in [6.45, 7) is 0.476. The second-order valence-corrected chi connectivity index (χ2v) is 6.81. The van der Waals surface area contributed by atoms with E-state index in [-0.39, 0.29) is 11.8 Å². The van der Waals surface area contributed by atoms with Crippen LogP contribution in [0, 0.1) is 5.41 Å². The highest BCUT2D eigenvalue weighted by atomic mass is 35.5. The number of methoxy groups -OCH3 is 1. The molecule has 1 aliphatic rings. The summed E-state index contributed by atoms with van der Waals surface area (Å²) in [4.78, 5) is 25.2. The van der Waals surface area contributed by atoms with E-state index in [2.05, 4.69) is 10.6 Å². The molecule has 0 spiro atoms. The minimum Gasteiger partial charge on any atom is -0.495 e. The van der Waals surface area contributed by atoms with E-state index in [0.717, 1.165) is 5.56 Å². The van der Waals surface area contributed by atoms with E-state index in [1.807, 2.05) is 36.4 Å². The first-order chi connectivity index (χ1) is 12.5. The fraction of sp³-hybridized carbons (Fsp3) is 0.300. The summed E-state index contributed by atoms with van der Waals surface area (Å²) < 4.78 is 5.24. The molecule has 2 aromatic carbocycles. The average molecular weight is 373 g/mol. The number of benzene rings is 2. The van der Waals surface area contributed by atoms with Gasteiger partial charge in [0.05, 0.1) is 12.8 Å². The lowest BCUT2D eigenvalue weighted by Crippen LogP contribution is -2.40. The molecule has 3 rings (SSSR count). The van der Waals surface area contributed by atoms with Crippen LogP contribution in [0.4, 0.5) is 5.69 Å². The summed E-state index contributed by atoms with van der Waals surface area (Å²) in [6, 6.07) is 14.6. The average Bonchev–Trinajstić information content (AvgIpc) is 3.46. The third kappa shape index (κ3) is 3.99. The molecule has 0 saturated heterocycles. The maximum absolute atomic E-state index is 12.6. The van der Waals surface area contributed by atoms with Gasteiger partial charge in [-0.1, -0.05) is 35.9 Å². The Bertz CT molecular complexity index is 801. The van der Waals surface area contributed by atoms with Crippen molar-refractivity contribution in [3.63, 3.8) is 0 Å². The highest BCUT2D eigenvalue weighted by Gasteiger charge is 2.56. The van der Waals surface area contributed by atoms with Crippen LogP contribution in [0.1, 0.15) is 18.4 Å². The molecule has 2 amide bonds. The zero-order valence-corrected chi connectivity index (χ0v) is 15.3. The maximum Gasteiger partial charge on any atom is 0.240 e. The van der Waals surface area contributed by atoms with Crippen LogP contribution in [0.5, 0.6) is 5.75 Å². The molecule has 0 heterocycles. The van der Waals surface area contributed by atoms with E-state index in [4.69, 9.17) is 16.3 Å². The van der Waals surface area contributed by atoms with Crippen molar-refractivity contribution in [1.82, 2.24) is 5.32 Å². The number of amides is 2. The van der Waals surface area contributed by atoms with Gasteiger partial charge < -0.3 is 15.4 Å². The van der Waals surface area contributed by atoms with Gasteiger partial charge in [0.25, 0.3) is 0 Å². The van der Waals surface area contributed by atoms with Crippen LogP contribution in [0.3, 0.4) is 0 Å². The Hall–Kier alpha value is -2.53. The summed E-state index contributed by atoms with van der Waals surface area (Å²) in [7, 11) is 1.54. The van der Waals surface area contributed by atoms with E-state index in [1.54, 1.807) is 19.2 Å². The molecule has 2 N–H and O–H groups in total. The van der Waals surface area contributed by atoms with Crippen molar-refractivity contribution in [3.05, 3.63) is 59.1 Å². The van der Waals surface area contributed by atoms with Crippen molar-refractivity contribution in [3.8, 4) is 5.75 Å². The Labute approximate surface area is 157 Å². The molecule has 6 heteroatoms. The van der Waals surface area contributed by atoms with Crippen molar-refractivity contribution in [1.29, 1.82) is 0 Å². The second kappa shape index (κ2) is 7.79. The first-order valence-corrected chi connectivity index (χ1v) is 8.90. The number of carbonyl (C=O) groups excluding carboxylic acids is 2. The Kier molecular flexibility index (Phi) is 5.47. The molecule has 1 aliphatic carbocycles. The molecule has 0 aromatic heterocycles. The molecule has 0 bridgehead atoms. The van der Waals surface area contributed by atoms with Crippen molar-refractivity contribution in [2.45, 2.75) is 19.3 Å². The summed E-state index contributed by atoms with van der Waals surface area (Å²) in [5.74, 6) is 0.0599. The first-order valence-electron chi connectivity index (χ1n) is 8.52. The number of para-hydroxylation sites is 2. The summed E-state index contributed by atoms with van der Waals surface area (Å²) in [5.41, 5.74) is 0.680. The van der Waals surface area contributed by atoms with Crippen LogP contribution < -0.4 is 15.4 Å². The largest absolute Gasteiger partial charge is 0.495 e. The highest BCUT2D eigenvalue weighted by molar-refractivity contribution is 6.30. The van der Waals surface area contributed by atoms with Crippen LogP contribution in [-0.2, 0) is 16.0 Å². The summed E-state index contributed by atoms with van der Waals surface area (Å²) >= 11 is 5.86. The number of hydrogen-bond donors (Lipinski definition) is 2. The fourth-order valence-corrected chi connectivity index (χ4v) is 2.94. The normalized spacial score (nSPS) is 14.4. The van der Waals surface area contributed by atoms with Crippen LogP contribution in [0.2, 0.25) is 5.02 Å². The Balaban J connectivity index is 1.56. The predicted molar refractivity (Wildman–Crippen MR) is 101 cm³/mol. The van der Waals surface area contributed by atoms with Crippen molar-refractivity contribution in [2.24, 2.45) is 5.41 Å². The number of rotatable bonds is 7. The van der Waals surface area contributed by atoms with Crippen molar-refractivity contribution < 1.29 is 14.3 Å². The molecular formula is C20H21ClN2O3. The number of ether oxygens (including phenoxy) is 1. The van der Waals surface area contributed by atoms with Crippen molar-refractivity contribution in [2.75, 3.05) is 19.0 Å². The van der Waals surface area contributed by atoms with Gasteiger partial charge in [-0.15, -0.1) is 0 Å². The molecule has 0 unspecified atom stereocenters. The minimum atomic E-state index is -0.971. The molecule has 1 fully saturated rings. The lowest BCUT2D eigenvalue weighted by molar-refractivity contribution is -0.134. The third-order valence-electron chi connectivity index (χ3n) is 4.59. The zero-order valence-electron chi connectivity index (χ0n) is 14.5. The lowest BCUT2D eigenvalue weighted by atomic mass is 10.0. The van der Waals surface area contributed by atoms with E-state index in [1.165, 1.54) is 0 Å². The molecule has 0 atom stereocenters. The molecule has 136 valence electrons. The van der Waals surface area contributed by atoms with Gasteiger partial charge >= 0.3 is 0 Å². The molecule has 26 heavy (non-hydrogen) atoms. The van der Waals surface area contributed by atoms with Gasteiger partial charge in [-0.2, -0.15) is 0 Å². The minimum absolute atomic E-state index is 0.223. The predicted octanol–water partition coefficient (Wildman–Crippen LogP) is 3.43. The molecule has 1 saturated carbocycles. The Morgan fingerprint density at radius 3 is 2.42 bits per heavy atom. The summed E-state index contributed by atoms with van der Waals surface area (Å²) in [5, 5.41) is 6.38. The van der Waals surface area contributed by atoms with Crippen LogP contribution in [0.25, 0.3) is 0 Å². The fourth-order valence-electron chi connectivity index (χ4n) is 2.81. The molecular weight excluding hydrogens is 352 g/mol. The second-order valence-electron chi connectivity index (χ2n) is 6.37. The van der Waals surface area contributed by atoms with Gasteiger partial charge in [0.1, 0.15) is 11.2 Å². The van der Waals surface area contributed by atoms with E-state index in [0.29, 0.717) is 42.3 Å². The Morgan fingerprint density at radius 2 is 1.77 bits per heavy atom. The smallest absolute Gasteiger partial charge is 0.240 e. The summed E-state index contributed by atoms with van der Waals surface area (Å²) in [6.07, 6.45) is 1.80. The molecule has 2 aromatic rings. The van der Waals surface area contributed by atoms with Gasteiger partial charge in [0.2, 0.25) is 11.8 Å². The number of anilines is 1. The topological polar surface area (TPSA) is 67.4 Å². The van der Waals surface area contributed by atoms with Gasteiger partial charge in [-0.05, 0) is 49.1 Å². The van der Waals surface area contributed by atoms with Crippen LogP contribution in [-0.4, -0.2) is 25.5 Å². The van der Waals surface area contributed by atoms with Gasteiger partial charge in [0.15, 0.2) is 0 Å². The van der Waals surface area contributed by atoms with Crippen molar-refractivity contribution >= 4 is 29.1 Å². The first kappa shape index (κ1) is 18.3. The quantitative estimate of drug-likeness (QED) is 0.732. The maximum atomic E-state index is 12.6. The molecule has 0 aliphatic heterocycles. The number of nitrogens with one attached hydrogen (secondary N) is 2. The van der Waals surface area contributed by atoms with Gasteiger partial charge in [-0.25, -0.2) is 0 Å².